The Balaban J connectivity index is 1.53. The van der Waals surface area contributed by atoms with Gasteiger partial charge < -0.3 is 15.7 Å². The highest BCUT2D eigenvalue weighted by Crippen LogP contribution is 2.36. The van der Waals surface area contributed by atoms with Crippen molar-refractivity contribution in [3.63, 3.8) is 0 Å². The molecule has 1 aromatic rings. The van der Waals surface area contributed by atoms with Gasteiger partial charge in [0.25, 0.3) is 0 Å². The number of halogens is 1. The molecular formula is C18H24FN3O3. The number of carbonyl (C=O) groups is 2. The molecule has 0 spiro atoms. The summed E-state index contributed by atoms with van der Waals surface area (Å²) in [6, 6.07) is 5.88. The number of aliphatic hydroxyl groups excluding tert-OH is 1. The lowest BCUT2D eigenvalue weighted by atomic mass is 9.77. The van der Waals surface area contributed by atoms with Gasteiger partial charge >= 0.3 is 0 Å². The van der Waals surface area contributed by atoms with Gasteiger partial charge in [-0.1, -0.05) is 12.1 Å². The van der Waals surface area contributed by atoms with E-state index in [1.807, 2.05) is 4.90 Å². The third-order valence-corrected chi connectivity index (χ3v) is 5.12. The molecule has 25 heavy (non-hydrogen) atoms. The number of carbonyl (C=O) groups excluding carboxylic acids is 2. The number of hydrogen-bond acceptors (Lipinski definition) is 4. The summed E-state index contributed by atoms with van der Waals surface area (Å²) in [4.78, 5) is 25.5. The van der Waals surface area contributed by atoms with Gasteiger partial charge in [0.1, 0.15) is 5.82 Å². The lowest BCUT2D eigenvalue weighted by molar-refractivity contribution is -0.121. The second kappa shape index (κ2) is 7.49. The number of fused-ring (bicyclic) bond motifs is 1. The minimum atomic E-state index is -0.544. The quantitative estimate of drug-likeness (QED) is 0.757. The molecule has 3 N–H and O–H groups in total. The zero-order valence-corrected chi connectivity index (χ0v) is 14.2. The van der Waals surface area contributed by atoms with Crippen LogP contribution in [0.2, 0.25) is 0 Å². The number of benzene rings is 1. The fourth-order valence-electron chi connectivity index (χ4n) is 4.03. The Labute approximate surface area is 146 Å². The minimum absolute atomic E-state index is 0.137. The maximum Gasteiger partial charge on any atom is 0.238 e. The third kappa shape index (κ3) is 4.35. The molecule has 1 heterocycles. The van der Waals surface area contributed by atoms with E-state index in [0.29, 0.717) is 18.3 Å². The second-order valence-corrected chi connectivity index (χ2v) is 7.09. The number of hydrogen-bond donors (Lipinski definition) is 3. The van der Waals surface area contributed by atoms with E-state index in [9.17, 15) is 19.1 Å². The Bertz CT molecular complexity index is 654. The first-order valence-electron chi connectivity index (χ1n) is 8.64. The van der Waals surface area contributed by atoms with Gasteiger partial charge in [0, 0.05) is 20.0 Å². The number of likely N-dealkylation sites (tertiary alicyclic amines) is 1. The topological polar surface area (TPSA) is 81.7 Å². The van der Waals surface area contributed by atoms with Crippen LogP contribution in [0.4, 0.5) is 10.1 Å². The van der Waals surface area contributed by atoms with Gasteiger partial charge in [-0.15, -0.1) is 0 Å². The number of para-hydroxylation sites is 1. The maximum atomic E-state index is 13.6. The molecule has 0 radical (unpaired) electrons. The van der Waals surface area contributed by atoms with Gasteiger partial charge in [0.2, 0.25) is 11.8 Å². The van der Waals surface area contributed by atoms with Gasteiger partial charge in [0.05, 0.1) is 24.4 Å². The Hall–Kier alpha value is -1.99. The highest BCUT2D eigenvalue weighted by atomic mass is 19.1. The summed E-state index contributed by atoms with van der Waals surface area (Å²) in [6.45, 7) is 3.13. The van der Waals surface area contributed by atoms with E-state index in [0.717, 1.165) is 19.5 Å². The predicted molar refractivity (Wildman–Crippen MR) is 91.3 cm³/mol. The van der Waals surface area contributed by atoms with Gasteiger partial charge in [0.15, 0.2) is 0 Å². The van der Waals surface area contributed by atoms with Gasteiger partial charge in [-0.2, -0.15) is 0 Å². The summed E-state index contributed by atoms with van der Waals surface area (Å²) in [7, 11) is 0. The first kappa shape index (κ1) is 17.8. The summed E-state index contributed by atoms with van der Waals surface area (Å²) < 4.78 is 13.6. The third-order valence-electron chi connectivity index (χ3n) is 5.12. The summed E-state index contributed by atoms with van der Waals surface area (Å²) >= 11 is 0. The van der Waals surface area contributed by atoms with E-state index in [1.54, 1.807) is 12.1 Å². The van der Waals surface area contributed by atoms with Crippen LogP contribution < -0.4 is 10.6 Å². The van der Waals surface area contributed by atoms with Gasteiger partial charge in [-0.25, -0.2) is 4.39 Å². The molecule has 0 aromatic heterocycles. The fourth-order valence-corrected chi connectivity index (χ4v) is 4.03. The van der Waals surface area contributed by atoms with Crippen LogP contribution in [0, 0.1) is 17.7 Å². The Morgan fingerprint density at radius 2 is 1.92 bits per heavy atom. The summed E-state index contributed by atoms with van der Waals surface area (Å²) in [5.74, 6) is -0.167. The minimum Gasteiger partial charge on any atom is -0.391 e. The Morgan fingerprint density at radius 3 is 2.60 bits per heavy atom. The Morgan fingerprint density at radius 1 is 1.24 bits per heavy atom. The fraction of sp³-hybridized carbons (Fsp3) is 0.556. The molecule has 2 amide bonds. The number of amides is 2. The molecule has 4 atom stereocenters. The van der Waals surface area contributed by atoms with E-state index >= 15 is 0 Å². The highest BCUT2D eigenvalue weighted by molar-refractivity contribution is 5.92. The van der Waals surface area contributed by atoms with Crippen molar-refractivity contribution in [1.82, 2.24) is 10.2 Å². The molecule has 3 rings (SSSR count). The molecule has 7 heteroatoms. The predicted octanol–water partition coefficient (Wildman–Crippen LogP) is 0.972. The number of rotatable bonds is 4. The van der Waals surface area contributed by atoms with Crippen LogP contribution in [0.15, 0.2) is 24.3 Å². The largest absolute Gasteiger partial charge is 0.391 e. The van der Waals surface area contributed by atoms with E-state index in [2.05, 4.69) is 10.6 Å². The van der Waals surface area contributed by atoms with Crippen molar-refractivity contribution in [1.29, 1.82) is 0 Å². The van der Waals surface area contributed by atoms with E-state index < -0.39 is 11.9 Å². The van der Waals surface area contributed by atoms with E-state index in [-0.39, 0.29) is 30.1 Å². The van der Waals surface area contributed by atoms with Crippen molar-refractivity contribution in [3.05, 3.63) is 30.1 Å². The van der Waals surface area contributed by atoms with Crippen molar-refractivity contribution >= 4 is 17.5 Å². The van der Waals surface area contributed by atoms with E-state index in [4.69, 9.17) is 0 Å². The summed E-state index contributed by atoms with van der Waals surface area (Å²) in [5, 5.41) is 15.6. The molecule has 1 aliphatic carbocycles. The van der Waals surface area contributed by atoms with Crippen molar-refractivity contribution in [2.45, 2.75) is 31.9 Å². The molecule has 2 aliphatic rings. The molecule has 1 aliphatic heterocycles. The lowest BCUT2D eigenvalue weighted by Gasteiger charge is -2.35. The SMILES string of the molecule is CC(=O)N[C@@H]1C[C@@H]2CN(CC(=O)Nc3ccccc3F)C[C@@H]2C[C@H]1O. The molecule has 0 unspecified atom stereocenters. The zero-order valence-electron chi connectivity index (χ0n) is 14.2. The average Bonchev–Trinajstić information content (AvgIpc) is 2.90. The molecule has 0 bridgehead atoms. The molecule has 6 nitrogen and oxygen atoms in total. The van der Waals surface area contributed by atoms with Crippen molar-refractivity contribution in [2.24, 2.45) is 11.8 Å². The molecule has 1 saturated heterocycles. The van der Waals surface area contributed by atoms with Crippen LogP contribution >= 0.6 is 0 Å². The van der Waals surface area contributed by atoms with Crippen LogP contribution in [0.5, 0.6) is 0 Å². The van der Waals surface area contributed by atoms with Crippen LogP contribution in [0.25, 0.3) is 0 Å². The molecule has 1 aromatic carbocycles. The number of anilines is 1. The van der Waals surface area contributed by atoms with Crippen molar-refractivity contribution < 1.29 is 19.1 Å². The first-order chi connectivity index (χ1) is 11.9. The van der Waals surface area contributed by atoms with Crippen LogP contribution in [0.1, 0.15) is 19.8 Å². The maximum absolute atomic E-state index is 13.6. The number of nitrogens with zero attached hydrogens (tertiary/aromatic N) is 1. The highest BCUT2D eigenvalue weighted by Gasteiger charge is 2.42. The normalized spacial score (nSPS) is 29.1. The molecular weight excluding hydrogens is 325 g/mol. The molecule has 1 saturated carbocycles. The van der Waals surface area contributed by atoms with Crippen molar-refractivity contribution in [3.8, 4) is 0 Å². The van der Waals surface area contributed by atoms with Crippen LogP contribution in [-0.2, 0) is 9.59 Å². The summed E-state index contributed by atoms with van der Waals surface area (Å²) in [6.07, 6.45) is 0.801. The first-order valence-corrected chi connectivity index (χ1v) is 8.64. The van der Waals surface area contributed by atoms with E-state index in [1.165, 1.54) is 19.1 Å². The monoisotopic (exact) mass is 349 g/mol. The smallest absolute Gasteiger partial charge is 0.238 e. The number of nitrogens with one attached hydrogen (secondary N) is 2. The van der Waals surface area contributed by atoms with Gasteiger partial charge in [-0.05, 0) is 36.8 Å². The molecule has 136 valence electrons. The lowest BCUT2D eigenvalue weighted by Crippen LogP contribution is -2.48. The average molecular weight is 349 g/mol. The Kier molecular flexibility index (Phi) is 5.34. The second-order valence-electron chi connectivity index (χ2n) is 7.09. The van der Waals surface area contributed by atoms with Crippen molar-refractivity contribution in [2.75, 3.05) is 25.0 Å². The van der Waals surface area contributed by atoms with Crippen LogP contribution in [-0.4, -0.2) is 53.6 Å². The summed E-state index contributed by atoms with van der Waals surface area (Å²) in [5.41, 5.74) is 0.185. The van der Waals surface area contributed by atoms with Gasteiger partial charge in [-0.3, -0.25) is 14.5 Å². The standard InChI is InChI=1S/C18H24FN3O3/c1-11(23)20-16-6-12-8-22(9-13(12)7-17(16)24)10-18(25)21-15-5-3-2-4-14(15)19/h2-5,12-13,16-17,24H,6-10H2,1H3,(H,20,23)(H,21,25)/t12-,13+,16-,17-/m1/s1. The molecule has 2 fully saturated rings. The zero-order chi connectivity index (χ0) is 18.0. The van der Waals surface area contributed by atoms with Crippen LogP contribution in [0.3, 0.4) is 0 Å². The number of aliphatic hydroxyl groups is 1.